The topological polar surface area (TPSA) is 85.2 Å². The SMILES string of the molecule is Cc1noc(C(O)CN)n1.Cl. The van der Waals surface area contributed by atoms with Crippen molar-refractivity contribution in [3.05, 3.63) is 11.7 Å². The Kier molecular flexibility index (Phi) is 4.02. The fourth-order valence-corrected chi connectivity index (χ4v) is 0.549. The van der Waals surface area contributed by atoms with E-state index in [9.17, 15) is 0 Å². The molecule has 0 aromatic carbocycles. The molecule has 3 N–H and O–H groups in total. The second kappa shape index (κ2) is 4.27. The van der Waals surface area contributed by atoms with Crippen LogP contribution in [0, 0.1) is 6.92 Å². The van der Waals surface area contributed by atoms with Crippen LogP contribution in [-0.4, -0.2) is 21.8 Å². The van der Waals surface area contributed by atoms with Crippen LogP contribution in [0.2, 0.25) is 0 Å². The fourth-order valence-electron chi connectivity index (χ4n) is 0.549. The molecule has 64 valence electrons. The van der Waals surface area contributed by atoms with Crippen LogP contribution in [0.5, 0.6) is 0 Å². The lowest BCUT2D eigenvalue weighted by Gasteiger charge is -1.97. The smallest absolute Gasteiger partial charge is 0.256 e. The van der Waals surface area contributed by atoms with Gasteiger partial charge in [-0.05, 0) is 6.92 Å². The van der Waals surface area contributed by atoms with E-state index >= 15 is 0 Å². The van der Waals surface area contributed by atoms with Gasteiger partial charge in [-0.1, -0.05) is 5.16 Å². The van der Waals surface area contributed by atoms with Crippen LogP contribution < -0.4 is 5.73 Å². The molecular formula is C5H10ClN3O2. The monoisotopic (exact) mass is 179 g/mol. The summed E-state index contributed by atoms with van der Waals surface area (Å²) in [5, 5.41) is 12.5. The van der Waals surface area contributed by atoms with E-state index in [1.165, 1.54) is 0 Å². The molecular weight excluding hydrogens is 170 g/mol. The molecule has 0 spiro atoms. The van der Waals surface area contributed by atoms with Crippen LogP contribution in [0.15, 0.2) is 4.52 Å². The number of aryl methyl sites for hydroxylation is 1. The summed E-state index contributed by atoms with van der Waals surface area (Å²) < 4.78 is 4.63. The van der Waals surface area contributed by atoms with Gasteiger partial charge >= 0.3 is 0 Å². The number of aliphatic hydroxyl groups is 1. The minimum absolute atomic E-state index is 0. The number of aromatic nitrogens is 2. The van der Waals surface area contributed by atoms with Gasteiger partial charge in [-0.2, -0.15) is 4.98 Å². The molecule has 0 amide bonds. The third-order valence-electron chi connectivity index (χ3n) is 1.05. The lowest BCUT2D eigenvalue weighted by atomic mass is 10.4. The number of hydrogen-bond donors (Lipinski definition) is 2. The Bertz CT molecular complexity index is 215. The summed E-state index contributed by atoms with van der Waals surface area (Å²) in [6.45, 7) is 1.78. The van der Waals surface area contributed by atoms with Crippen LogP contribution in [0.3, 0.4) is 0 Å². The first-order chi connectivity index (χ1) is 4.74. The highest BCUT2D eigenvalue weighted by Gasteiger charge is 2.11. The number of rotatable bonds is 2. The number of aliphatic hydroxyl groups excluding tert-OH is 1. The Hall–Kier alpha value is -0.650. The summed E-state index contributed by atoms with van der Waals surface area (Å²) in [6, 6.07) is 0. The number of hydrogen-bond acceptors (Lipinski definition) is 5. The van der Waals surface area contributed by atoms with Gasteiger partial charge in [0.2, 0.25) is 0 Å². The minimum atomic E-state index is -0.832. The summed E-state index contributed by atoms with van der Waals surface area (Å²) in [4.78, 5) is 3.77. The number of nitrogens with two attached hydrogens (primary N) is 1. The Labute approximate surface area is 70.0 Å². The summed E-state index contributed by atoms with van der Waals surface area (Å²) in [5.74, 6) is 0.683. The quantitative estimate of drug-likeness (QED) is 0.657. The van der Waals surface area contributed by atoms with Crippen molar-refractivity contribution in [2.24, 2.45) is 5.73 Å². The molecule has 6 heteroatoms. The van der Waals surface area contributed by atoms with Crippen molar-refractivity contribution in [2.75, 3.05) is 6.54 Å². The average molecular weight is 180 g/mol. The third kappa shape index (κ3) is 2.45. The summed E-state index contributed by atoms with van der Waals surface area (Å²) >= 11 is 0. The predicted molar refractivity (Wildman–Crippen MR) is 40.3 cm³/mol. The molecule has 1 rings (SSSR count). The van der Waals surface area contributed by atoms with Gasteiger partial charge in [0, 0.05) is 6.54 Å². The Morgan fingerprint density at radius 2 is 2.36 bits per heavy atom. The molecule has 0 saturated heterocycles. The highest BCUT2D eigenvalue weighted by Crippen LogP contribution is 2.06. The van der Waals surface area contributed by atoms with Gasteiger partial charge in [-0.3, -0.25) is 0 Å². The van der Waals surface area contributed by atoms with Crippen molar-refractivity contribution in [3.8, 4) is 0 Å². The molecule has 0 aliphatic rings. The van der Waals surface area contributed by atoms with Gasteiger partial charge in [0.15, 0.2) is 5.82 Å². The Morgan fingerprint density at radius 3 is 2.73 bits per heavy atom. The first-order valence-corrected chi connectivity index (χ1v) is 2.92. The van der Waals surface area contributed by atoms with E-state index in [1.54, 1.807) is 6.92 Å². The van der Waals surface area contributed by atoms with Gasteiger partial charge in [-0.15, -0.1) is 12.4 Å². The molecule has 1 aromatic heterocycles. The zero-order valence-electron chi connectivity index (χ0n) is 6.02. The van der Waals surface area contributed by atoms with E-state index in [0.29, 0.717) is 5.82 Å². The Morgan fingerprint density at radius 1 is 1.73 bits per heavy atom. The molecule has 1 aromatic rings. The summed E-state index contributed by atoms with van der Waals surface area (Å²) in [7, 11) is 0. The van der Waals surface area contributed by atoms with Gasteiger partial charge < -0.3 is 15.4 Å². The number of halogens is 1. The Balaban J connectivity index is 0.000001000. The van der Waals surface area contributed by atoms with E-state index < -0.39 is 6.10 Å². The zero-order chi connectivity index (χ0) is 7.56. The predicted octanol–water partition coefficient (Wildman–Crippen LogP) is -0.208. The highest BCUT2D eigenvalue weighted by molar-refractivity contribution is 5.85. The molecule has 0 bridgehead atoms. The maximum absolute atomic E-state index is 9.02. The van der Waals surface area contributed by atoms with Crippen LogP contribution in [0.4, 0.5) is 0 Å². The van der Waals surface area contributed by atoms with Crippen LogP contribution >= 0.6 is 12.4 Å². The maximum atomic E-state index is 9.02. The van der Waals surface area contributed by atoms with Crippen LogP contribution in [0.1, 0.15) is 17.8 Å². The molecule has 1 heterocycles. The third-order valence-corrected chi connectivity index (χ3v) is 1.05. The molecule has 0 fully saturated rings. The second-order valence-electron chi connectivity index (χ2n) is 1.93. The van der Waals surface area contributed by atoms with Crippen LogP contribution in [-0.2, 0) is 0 Å². The first-order valence-electron chi connectivity index (χ1n) is 2.92. The molecule has 1 atom stereocenters. The van der Waals surface area contributed by atoms with Crippen molar-refractivity contribution >= 4 is 12.4 Å². The largest absolute Gasteiger partial charge is 0.382 e. The standard InChI is InChI=1S/C5H9N3O2.ClH/c1-3-7-5(10-8-3)4(9)2-6;/h4,9H,2,6H2,1H3;1H. The lowest BCUT2D eigenvalue weighted by molar-refractivity contribution is 0.141. The fraction of sp³-hybridized carbons (Fsp3) is 0.600. The maximum Gasteiger partial charge on any atom is 0.256 e. The molecule has 0 saturated carbocycles. The normalized spacial score (nSPS) is 12.3. The van der Waals surface area contributed by atoms with E-state index in [0.717, 1.165) is 0 Å². The van der Waals surface area contributed by atoms with E-state index in [4.69, 9.17) is 10.8 Å². The molecule has 0 aliphatic heterocycles. The van der Waals surface area contributed by atoms with Crippen molar-refractivity contribution < 1.29 is 9.63 Å². The van der Waals surface area contributed by atoms with E-state index in [1.807, 2.05) is 0 Å². The van der Waals surface area contributed by atoms with Crippen molar-refractivity contribution in [1.82, 2.24) is 10.1 Å². The summed E-state index contributed by atoms with van der Waals surface area (Å²) in [6.07, 6.45) is -0.832. The van der Waals surface area contributed by atoms with Crippen molar-refractivity contribution in [3.63, 3.8) is 0 Å². The molecule has 5 nitrogen and oxygen atoms in total. The van der Waals surface area contributed by atoms with E-state index in [-0.39, 0.29) is 24.8 Å². The first kappa shape index (κ1) is 10.3. The molecule has 0 aliphatic carbocycles. The van der Waals surface area contributed by atoms with Gasteiger partial charge in [0.05, 0.1) is 0 Å². The second-order valence-corrected chi connectivity index (χ2v) is 1.93. The van der Waals surface area contributed by atoms with Crippen molar-refractivity contribution in [1.29, 1.82) is 0 Å². The number of nitrogens with zero attached hydrogens (tertiary/aromatic N) is 2. The molecule has 11 heavy (non-hydrogen) atoms. The minimum Gasteiger partial charge on any atom is -0.382 e. The zero-order valence-corrected chi connectivity index (χ0v) is 6.84. The molecule has 1 unspecified atom stereocenters. The molecule has 0 radical (unpaired) electrons. The summed E-state index contributed by atoms with van der Waals surface area (Å²) in [5.41, 5.74) is 5.14. The van der Waals surface area contributed by atoms with Gasteiger partial charge in [-0.25, -0.2) is 0 Å². The van der Waals surface area contributed by atoms with E-state index in [2.05, 4.69) is 14.7 Å². The highest BCUT2D eigenvalue weighted by atomic mass is 35.5. The lowest BCUT2D eigenvalue weighted by Crippen LogP contribution is -2.11. The van der Waals surface area contributed by atoms with Crippen molar-refractivity contribution in [2.45, 2.75) is 13.0 Å². The van der Waals surface area contributed by atoms with Gasteiger partial charge in [0.1, 0.15) is 6.10 Å². The van der Waals surface area contributed by atoms with Gasteiger partial charge in [0.25, 0.3) is 5.89 Å². The van der Waals surface area contributed by atoms with Crippen LogP contribution in [0.25, 0.3) is 0 Å². The average Bonchev–Trinajstić information content (AvgIpc) is 2.34.